The molecule has 4 rings (SSSR count). The standard InChI is InChI=1S/C24H37N3O3S/c1-3-27-22-6-4-5-13-24(22,14-17-31(27,29)30)23(28)25-18-20-7-9-21(10-8-20)26-15-11-19(2)12-16-26/h7-10,19,22H,3-6,11-18H2,1-2H3,(H,25,28)/t22-,24-/m1/s1. The molecule has 2 atom stereocenters. The monoisotopic (exact) mass is 447 g/mol. The van der Waals surface area contributed by atoms with Gasteiger partial charge in [-0.15, -0.1) is 0 Å². The lowest BCUT2D eigenvalue weighted by Gasteiger charge is -2.50. The highest BCUT2D eigenvalue weighted by molar-refractivity contribution is 7.89. The van der Waals surface area contributed by atoms with E-state index in [4.69, 9.17) is 0 Å². The Hall–Kier alpha value is -1.60. The van der Waals surface area contributed by atoms with Gasteiger partial charge in [-0.25, -0.2) is 8.42 Å². The van der Waals surface area contributed by atoms with E-state index in [1.165, 1.54) is 18.5 Å². The predicted octanol–water partition coefficient (Wildman–Crippen LogP) is 3.52. The van der Waals surface area contributed by atoms with Crippen molar-refractivity contribution in [2.45, 2.75) is 71.4 Å². The summed E-state index contributed by atoms with van der Waals surface area (Å²) >= 11 is 0. The Labute approximate surface area is 187 Å². The van der Waals surface area contributed by atoms with Crippen LogP contribution in [0.25, 0.3) is 0 Å². The van der Waals surface area contributed by atoms with E-state index < -0.39 is 15.4 Å². The van der Waals surface area contributed by atoms with Gasteiger partial charge in [0.25, 0.3) is 0 Å². The number of piperidine rings is 1. The molecule has 0 spiro atoms. The van der Waals surface area contributed by atoms with Crippen molar-refractivity contribution in [2.75, 3.05) is 30.3 Å². The highest BCUT2D eigenvalue weighted by Gasteiger charge is 2.54. The quantitative estimate of drug-likeness (QED) is 0.750. The van der Waals surface area contributed by atoms with Crippen LogP contribution >= 0.6 is 0 Å². The summed E-state index contributed by atoms with van der Waals surface area (Å²) < 4.78 is 26.8. The van der Waals surface area contributed by atoms with Crippen LogP contribution in [0.4, 0.5) is 5.69 Å². The van der Waals surface area contributed by atoms with E-state index in [0.717, 1.165) is 50.3 Å². The number of nitrogens with zero attached hydrogens (tertiary/aromatic N) is 2. The van der Waals surface area contributed by atoms with Gasteiger partial charge in [-0.2, -0.15) is 4.31 Å². The van der Waals surface area contributed by atoms with Crippen LogP contribution in [0.1, 0.15) is 64.4 Å². The molecule has 6 nitrogen and oxygen atoms in total. The van der Waals surface area contributed by atoms with E-state index >= 15 is 0 Å². The molecule has 0 radical (unpaired) electrons. The molecule has 3 fully saturated rings. The minimum Gasteiger partial charge on any atom is -0.372 e. The first-order chi connectivity index (χ1) is 14.9. The molecule has 1 N–H and O–H groups in total. The fraction of sp³-hybridized carbons (Fsp3) is 0.708. The van der Waals surface area contributed by atoms with Crippen LogP contribution < -0.4 is 10.2 Å². The third kappa shape index (κ3) is 4.49. The number of hydrogen-bond donors (Lipinski definition) is 1. The Morgan fingerprint density at radius 1 is 1.10 bits per heavy atom. The van der Waals surface area contributed by atoms with Crippen molar-refractivity contribution in [3.8, 4) is 0 Å². The van der Waals surface area contributed by atoms with E-state index in [9.17, 15) is 13.2 Å². The Balaban J connectivity index is 1.42. The number of carbonyl (C=O) groups excluding carboxylic acids is 1. The van der Waals surface area contributed by atoms with E-state index in [1.54, 1.807) is 4.31 Å². The molecule has 2 saturated heterocycles. The number of nitrogens with one attached hydrogen (secondary N) is 1. The molecule has 7 heteroatoms. The molecule has 1 aromatic carbocycles. The van der Waals surface area contributed by atoms with Gasteiger partial charge in [-0.05, 0) is 55.7 Å². The van der Waals surface area contributed by atoms with Crippen molar-refractivity contribution in [1.29, 1.82) is 0 Å². The molecular weight excluding hydrogens is 410 g/mol. The van der Waals surface area contributed by atoms with E-state index in [1.807, 2.05) is 6.92 Å². The minimum absolute atomic E-state index is 0.0274. The molecule has 3 aliphatic rings. The van der Waals surface area contributed by atoms with Gasteiger partial charge < -0.3 is 10.2 Å². The molecule has 2 aliphatic heterocycles. The number of sulfonamides is 1. The van der Waals surface area contributed by atoms with Gasteiger partial charge in [0.2, 0.25) is 15.9 Å². The van der Waals surface area contributed by atoms with Crippen molar-refractivity contribution in [3.05, 3.63) is 29.8 Å². The molecule has 0 unspecified atom stereocenters. The molecule has 1 saturated carbocycles. The number of anilines is 1. The molecule has 1 aromatic rings. The number of fused-ring (bicyclic) bond motifs is 1. The summed E-state index contributed by atoms with van der Waals surface area (Å²) in [5, 5.41) is 3.16. The summed E-state index contributed by atoms with van der Waals surface area (Å²) in [6, 6.07) is 8.32. The zero-order valence-electron chi connectivity index (χ0n) is 19.0. The first-order valence-electron chi connectivity index (χ1n) is 12.0. The summed E-state index contributed by atoms with van der Waals surface area (Å²) in [7, 11) is -3.25. The Morgan fingerprint density at radius 3 is 2.48 bits per heavy atom. The highest BCUT2D eigenvalue weighted by Crippen LogP contribution is 2.46. The summed E-state index contributed by atoms with van der Waals surface area (Å²) in [5.41, 5.74) is 1.76. The van der Waals surface area contributed by atoms with E-state index in [0.29, 0.717) is 19.5 Å². The first-order valence-corrected chi connectivity index (χ1v) is 13.6. The molecule has 1 aliphatic carbocycles. The highest BCUT2D eigenvalue weighted by atomic mass is 32.2. The Morgan fingerprint density at radius 2 is 1.81 bits per heavy atom. The smallest absolute Gasteiger partial charge is 0.228 e. The van der Waals surface area contributed by atoms with Crippen LogP contribution in [0.5, 0.6) is 0 Å². The molecule has 31 heavy (non-hydrogen) atoms. The second-order valence-corrected chi connectivity index (χ2v) is 11.7. The number of amides is 1. The Bertz CT molecular complexity index is 878. The zero-order valence-corrected chi connectivity index (χ0v) is 19.8. The van der Waals surface area contributed by atoms with Gasteiger partial charge in [-0.3, -0.25) is 4.79 Å². The third-order valence-corrected chi connectivity index (χ3v) is 9.75. The average molecular weight is 448 g/mol. The fourth-order valence-corrected chi connectivity index (χ4v) is 7.74. The predicted molar refractivity (Wildman–Crippen MR) is 124 cm³/mol. The number of hydrogen-bond acceptors (Lipinski definition) is 4. The van der Waals surface area contributed by atoms with Crippen LogP contribution in [-0.2, 0) is 21.4 Å². The second kappa shape index (κ2) is 9.10. The first kappa shape index (κ1) is 22.6. The molecule has 172 valence electrons. The average Bonchev–Trinajstić information content (AvgIpc) is 2.78. The van der Waals surface area contributed by atoms with Gasteiger partial charge >= 0.3 is 0 Å². The lowest BCUT2D eigenvalue weighted by Crippen LogP contribution is -2.62. The second-order valence-electron chi connectivity index (χ2n) is 9.71. The molecule has 0 aromatic heterocycles. The summed E-state index contributed by atoms with van der Waals surface area (Å²) in [4.78, 5) is 15.8. The lowest BCUT2D eigenvalue weighted by molar-refractivity contribution is -0.137. The lowest BCUT2D eigenvalue weighted by atomic mass is 9.67. The largest absolute Gasteiger partial charge is 0.372 e. The Kier molecular flexibility index (Phi) is 6.63. The normalized spacial score (nSPS) is 29.4. The van der Waals surface area contributed by atoms with Crippen LogP contribution in [0.15, 0.2) is 24.3 Å². The van der Waals surface area contributed by atoms with Crippen LogP contribution in [0.2, 0.25) is 0 Å². The van der Waals surface area contributed by atoms with E-state index in [2.05, 4.69) is 41.4 Å². The van der Waals surface area contributed by atoms with Crippen molar-refractivity contribution in [3.63, 3.8) is 0 Å². The summed E-state index contributed by atoms with van der Waals surface area (Å²) in [6.45, 7) is 7.35. The van der Waals surface area contributed by atoms with E-state index in [-0.39, 0.29) is 17.7 Å². The maximum Gasteiger partial charge on any atom is 0.228 e. The van der Waals surface area contributed by atoms with Gasteiger partial charge in [0.15, 0.2) is 0 Å². The minimum atomic E-state index is -3.25. The van der Waals surface area contributed by atoms with Crippen molar-refractivity contribution < 1.29 is 13.2 Å². The van der Waals surface area contributed by atoms with Crippen LogP contribution in [0, 0.1) is 11.3 Å². The third-order valence-electron chi connectivity index (χ3n) is 7.80. The van der Waals surface area contributed by atoms with Crippen LogP contribution in [0.3, 0.4) is 0 Å². The molecular formula is C24H37N3O3S. The van der Waals surface area contributed by atoms with Crippen molar-refractivity contribution >= 4 is 21.6 Å². The topological polar surface area (TPSA) is 69.7 Å². The molecule has 1 amide bonds. The zero-order chi connectivity index (χ0) is 22.1. The number of rotatable bonds is 5. The summed E-state index contributed by atoms with van der Waals surface area (Å²) in [5.74, 6) is 0.917. The van der Waals surface area contributed by atoms with Crippen molar-refractivity contribution in [1.82, 2.24) is 9.62 Å². The molecule has 0 bridgehead atoms. The summed E-state index contributed by atoms with van der Waals surface area (Å²) in [6.07, 6.45) is 6.46. The number of carbonyl (C=O) groups is 1. The van der Waals surface area contributed by atoms with Crippen molar-refractivity contribution in [2.24, 2.45) is 11.3 Å². The van der Waals surface area contributed by atoms with Gasteiger partial charge in [0, 0.05) is 37.9 Å². The van der Waals surface area contributed by atoms with Crippen LogP contribution in [-0.4, -0.2) is 50.1 Å². The maximum atomic E-state index is 13.4. The van der Waals surface area contributed by atoms with Gasteiger partial charge in [0.1, 0.15) is 0 Å². The van der Waals surface area contributed by atoms with Gasteiger partial charge in [0.05, 0.1) is 11.2 Å². The maximum absolute atomic E-state index is 13.4. The van der Waals surface area contributed by atoms with Gasteiger partial charge in [-0.1, -0.05) is 38.8 Å². The molecule has 2 heterocycles. The SMILES string of the molecule is CCN1[C@@H]2CCCC[C@@]2(C(=O)NCc2ccc(N3CCC(C)CC3)cc2)CCS1(=O)=O. The number of benzene rings is 1. The fourth-order valence-electron chi connectivity index (χ4n) is 5.80.